The normalized spacial score (nSPS) is 12.5. The van der Waals surface area contributed by atoms with Crippen LogP contribution in [0.5, 0.6) is 0 Å². The summed E-state index contributed by atoms with van der Waals surface area (Å²) in [5.41, 5.74) is 0. The summed E-state index contributed by atoms with van der Waals surface area (Å²) in [6.45, 7) is 5.46. The van der Waals surface area contributed by atoms with Crippen molar-refractivity contribution in [2.75, 3.05) is 33.0 Å². The maximum Gasteiger partial charge on any atom is 0.0572 e. The second kappa shape index (κ2) is 5.01. The van der Waals surface area contributed by atoms with E-state index in [0.717, 1.165) is 12.3 Å². The summed E-state index contributed by atoms with van der Waals surface area (Å²) < 4.78 is 0.0238. The first-order valence-electron chi connectivity index (χ1n) is 3.87. The molecule has 0 saturated heterocycles. The number of aliphatic hydroxyl groups excluding tert-OH is 1. The van der Waals surface area contributed by atoms with E-state index in [-0.39, 0.29) is 11.4 Å². The molecule has 0 unspecified atom stereocenters. The second-order valence-electron chi connectivity index (χ2n) is 3.57. The summed E-state index contributed by atoms with van der Waals surface area (Å²) >= 11 is 1.82. The predicted molar refractivity (Wildman–Crippen MR) is 52.2 cm³/mol. The Bertz CT molecular complexity index is 104. The lowest BCUT2D eigenvalue weighted by atomic mass is 10.2. The molecule has 0 radical (unpaired) electrons. The van der Waals surface area contributed by atoms with Gasteiger partial charge in [0, 0.05) is 17.0 Å². The highest BCUT2D eigenvalue weighted by molar-refractivity contribution is 8.00. The van der Waals surface area contributed by atoms with Crippen molar-refractivity contribution in [2.24, 2.45) is 0 Å². The standard InChI is InChI=1S/C8H19NOS/c1-8(2,7-10)11-6-5-9(3)4/h10H,5-7H2,1-4H3. The van der Waals surface area contributed by atoms with Gasteiger partial charge in [0.25, 0.3) is 0 Å². The molecule has 0 atom stereocenters. The SMILES string of the molecule is CN(C)CCSC(C)(C)CO. The largest absolute Gasteiger partial charge is 0.395 e. The molecule has 0 aliphatic heterocycles. The van der Waals surface area contributed by atoms with Crippen LogP contribution >= 0.6 is 11.8 Å². The van der Waals surface area contributed by atoms with Crippen molar-refractivity contribution in [1.82, 2.24) is 4.90 Å². The lowest BCUT2D eigenvalue weighted by Crippen LogP contribution is -2.23. The zero-order chi connectivity index (χ0) is 8.91. The van der Waals surface area contributed by atoms with E-state index in [9.17, 15) is 0 Å². The van der Waals surface area contributed by atoms with Gasteiger partial charge in [-0.2, -0.15) is 11.8 Å². The Hall–Kier alpha value is 0.270. The molecule has 0 saturated carbocycles. The number of hydrogen-bond donors (Lipinski definition) is 1. The zero-order valence-electron chi connectivity index (χ0n) is 7.92. The fourth-order valence-corrected chi connectivity index (χ4v) is 1.65. The summed E-state index contributed by atoms with van der Waals surface area (Å²) in [5, 5.41) is 8.92. The molecule has 68 valence electrons. The van der Waals surface area contributed by atoms with Crippen molar-refractivity contribution in [3.63, 3.8) is 0 Å². The van der Waals surface area contributed by atoms with Crippen LogP contribution in [-0.4, -0.2) is 47.8 Å². The van der Waals surface area contributed by atoms with Crippen molar-refractivity contribution in [3.05, 3.63) is 0 Å². The van der Waals surface area contributed by atoms with Gasteiger partial charge in [-0.15, -0.1) is 0 Å². The molecule has 0 heterocycles. The lowest BCUT2D eigenvalue weighted by molar-refractivity contribution is 0.265. The summed E-state index contributed by atoms with van der Waals surface area (Å²) in [6.07, 6.45) is 0. The van der Waals surface area contributed by atoms with Crippen molar-refractivity contribution in [1.29, 1.82) is 0 Å². The van der Waals surface area contributed by atoms with Gasteiger partial charge in [0.15, 0.2) is 0 Å². The minimum absolute atomic E-state index is 0.0238. The molecule has 0 fully saturated rings. The van der Waals surface area contributed by atoms with Crippen LogP contribution in [0.25, 0.3) is 0 Å². The summed E-state index contributed by atoms with van der Waals surface area (Å²) in [7, 11) is 4.12. The van der Waals surface area contributed by atoms with E-state index in [2.05, 4.69) is 32.8 Å². The Morgan fingerprint density at radius 1 is 1.36 bits per heavy atom. The van der Waals surface area contributed by atoms with Crippen LogP contribution in [0.1, 0.15) is 13.8 Å². The number of thioether (sulfide) groups is 1. The molecule has 0 aromatic rings. The highest BCUT2D eigenvalue weighted by atomic mass is 32.2. The van der Waals surface area contributed by atoms with Crippen LogP contribution in [0.4, 0.5) is 0 Å². The van der Waals surface area contributed by atoms with Gasteiger partial charge in [-0.1, -0.05) is 0 Å². The average Bonchev–Trinajstić information content (AvgIpc) is 1.87. The zero-order valence-corrected chi connectivity index (χ0v) is 8.74. The van der Waals surface area contributed by atoms with Gasteiger partial charge < -0.3 is 10.0 Å². The number of nitrogens with zero attached hydrogens (tertiary/aromatic N) is 1. The van der Waals surface area contributed by atoms with Crippen molar-refractivity contribution >= 4 is 11.8 Å². The van der Waals surface area contributed by atoms with Crippen molar-refractivity contribution < 1.29 is 5.11 Å². The van der Waals surface area contributed by atoms with Gasteiger partial charge in [0.05, 0.1) is 6.61 Å². The van der Waals surface area contributed by atoms with Crippen LogP contribution in [0.15, 0.2) is 0 Å². The molecule has 0 bridgehead atoms. The van der Waals surface area contributed by atoms with E-state index >= 15 is 0 Å². The minimum atomic E-state index is 0.0238. The van der Waals surface area contributed by atoms with Gasteiger partial charge in [0.2, 0.25) is 0 Å². The molecule has 0 spiro atoms. The lowest BCUT2D eigenvalue weighted by Gasteiger charge is -2.21. The molecule has 0 aromatic heterocycles. The molecule has 0 rings (SSSR count). The minimum Gasteiger partial charge on any atom is -0.395 e. The maximum atomic E-state index is 8.92. The molecule has 3 heteroatoms. The number of aliphatic hydroxyl groups is 1. The Labute approximate surface area is 74.0 Å². The highest BCUT2D eigenvalue weighted by Gasteiger charge is 2.15. The molecule has 11 heavy (non-hydrogen) atoms. The van der Waals surface area contributed by atoms with Crippen molar-refractivity contribution in [3.8, 4) is 0 Å². The number of hydrogen-bond acceptors (Lipinski definition) is 3. The first-order valence-corrected chi connectivity index (χ1v) is 4.86. The summed E-state index contributed by atoms with van der Waals surface area (Å²) in [4.78, 5) is 2.15. The fourth-order valence-electron chi connectivity index (χ4n) is 0.550. The van der Waals surface area contributed by atoms with Crippen LogP contribution in [0, 0.1) is 0 Å². The topological polar surface area (TPSA) is 23.5 Å². The van der Waals surface area contributed by atoms with Gasteiger partial charge in [0.1, 0.15) is 0 Å². The molecule has 0 amide bonds. The van der Waals surface area contributed by atoms with Crippen LogP contribution < -0.4 is 0 Å². The van der Waals surface area contributed by atoms with E-state index in [4.69, 9.17) is 5.11 Å². The van der Waals surface area contributed by atoms with Gasteiger partial charge in [-0.3, -0.25) is 0 Å². The van der Waals surface area contributed by atoms with Gasteiger partial charge in [-0.25, -0.2) is 0 Å². The fraction of sp³-hybridized carbons (Fsp3) is 1.00. The highest BCUT2D eigenvalue weighted by Crippen LogP contribution is 2.22. The third kappa shape index (κ3) is 6.66. The van der Waals surface area contributed by atoms with E-state index in [1.165, 1.54) is 0 Å². The van der Waals surface area contributed by atoms with Crippen LogP contribution in [0.2, 0.25) is 0 Å². The van der Waals surface area contributed by atoms with Crippen molar-refractivity contribution in [2.45, 2.75) is 18.6 Å². The summed E-state index contributed by atoms with van der Waals surface area (Å²) in [6, 6.07) is 0. The third-order valence-electron chi connectivity index (χ3n) is 1.41. The number of rotatable bonds is 5. The smallest absolute Gasteiger partial charge is 0.0572 e. The van der Waals surface area contributed by atoms with Gasteiger partial charge >= 0.3 is 0 Å². The Morgan fingerprint density at radius 2 is 1.91 bits per heavy atom. The summed E-state index contributed by atoms with van der Waals surface area (Å²) in [5.74, 6) is 1.08. The molecule has 0 aliphatic rings. The first-order chi connectivity index (χ1) is 4.98. The molecule has 0 aliphatic carbocycles. The Kier molecular flexibility index (Phi) is 5.13. The van der Waals surface area contributed by atoms with Gasteiger partial charge in [-0.05, 0) is 27.9 Å². The van der Waals surface area contributed by atoms with Crippen LogP contribution in [0.3, 0.4) is 0 Å². The van der Waals surface area contributed by atoms with E-state index < -0.39 is 0 Å². The molecule has 2 nitrogen and oxygen atoms in total. The monoisotopic (exact) mass is 177 g/mol. The second-order valence-corrected chi connectivity index (χ2v) is 5.37. The van der Waals surface area contributed by atoms with E-state index in [1.54, 1.807) is 0 Å². The molecular formula is C8H19NOS. The van der Waals surface area contributed by atoms with E-state index in [0.29, 0.717) is 0 Å². The predicted octanol–water partition coefficient (Wildman–Crippen LogP) is 1.05. The molecule has 0 aromatic carbocycles. The van der Waals surface area contributed by atoms with Crippen LogP contribution in [-0.2, 0) is 0 Å². The quantitative estimate of drug-likeness (QED) is 0.679. The maximum absolute atomic E-state index is 8.92. The Balaban J connectivity index is 3.38. The Morgan fingerprint density at radius 3 is 2.27 bits per heavy atom. The van der Waals surface area contributed by atoms with E-state index in [1.807, 2.05) is 11.8 Å². The molecular weight excluding hydrogens is 158 g/mol. The average molecular weight is 177 g/mol. The first kappa shape index (κ1) is 11.3. The molecule has 1 N–H and O–H groups in total. The third-order valence-corrected chi connectivity index (χ3v) is 2.71.